The summed E-state index contributed by atoms with van der Waals surface area (Å²) < 4.78 is 48.2. The highest BCUT2D eigenvalue weighted by Gasteiger charge is 2.37. The number of hydrogen-bond acceptors (Lipinski definition) is 6. The van der Waals surface area contributed by atoms with E-state index >= 15 is 4.39 Å². The monoisotopic (exact) mass is 479 g/mol. The van der Waals surface area contributed by atoms with Crippen molar-refractivity contribution in [2.45, 2.75) is 44.4 Å². The van der Waals surface area contributed by atoms with Crippen LogP contribution in [0.2, 0.25) is 0 Å². The number of aliphatic hydroxyl groups excluding tert-OH is 1. The van der Waals surface area contributed by atoms with Crippen molar-refractivity contribution in [3.63, 3.8) is 0 Å². The third-order valence-electron chi connectivity index (χ3n) is 6.17. The fourth-order valence-corrected chi connectivity index (χ4v) is 4.43. The molecular formula is C25H20F3N5O2. The molecule has 5 rings (SSSR count). The van der Waals surface area contributed by atoms with Gasteiger partial charge in [-0.2, -0.15) is 14.0 Å². The van der Waals surface area contributed by atoms with Crippen molar-refractivity contribution in [1.29, 1.82) is 5.26 Å². The van der Waals surface area contributed by atoms with Crippen LogP contribution in [-0.4, -0.2) is 31.2 Å². The molecule has 1 N–H and O–H groups in total. The molecule has 1 aliphatic heterocycles. The first kappa shape index (κ1) is 22.8. The Hall–Kier alpha value is -3.97. The van der Waals surface area contributed by atoms with E-state index in [1.165, 1.54) is 18.5 Å². The second-order valence-electron chi connectivity index (χ2n) is 8.85. The van der Waals surface area contributed by atoms with Gasteiger partial charge in [0.25, 0.3) is 0 Å². The molecule has 35 heavy (non-hydrogen) atoms. The summed E-state index contributed by atoms with van der Waals surface area (Å²) in [7, 11) is 0. The van der Waals surface area contributed by atoms with Gasteiger partial charge in [-0.3, -0.25) is 0 Å². The Balaban J connectivity index is 1.64. The third kappa shape index (κ3) is 3.78. The fourth-order valence-electron chi connectivity index (χ4n) is 4.43. The lowest BCUT2D eigenvalue weighted by Gasteiger charge is -2.19. The Morgan fingerprint density at radius 2 is 1.89 bits per heavy atom. The predicted octanol–water partition coefficient (Wildman–Crippen LogP) is 5.06. The number of rotatable bonds is 5. The lowest BCUT2D eigenvalue weighted by molar-refractivity contribution is -0.0507. The van der Waals surface area contributed by atoms with Crippen molar-refractivity contribution >= 4 is 11.0 Å². The Morgan fingerprint density at radius 1 is 1.17 bits per heavy atom. The standard InChI is InChI=1S/C25H20F3N5O2/c1-25(2,12-29)23-30-10-13(11-31-23)14-7-8-16-21(20(14)26)33-17(9-18(34)22(33)32-16)15-5-3-4-6-19(15)35-24(27)28/h3-8,10-11,17-18,24,34H,9H2,1-2H3/t17-,18?/m1/s1. The molecule has 0 saturated heterocycles. The number of imidazole rings is 1. The predicted molar refractivity (Wildman–Crippen MR) is 120 cm³/mol. The summed E-state index contributed by atoms with van der Waals surface area (Å²) in [6, 6.07) is 10.9. The van der Waals surface area contributed by atoms with Crippen LogP contribution in [-0.2, 0) is 5.41 Å². The molecule has 1 unspecified atom stereocenters. The topological polar surface area (TPSA) is 96.9 Å². The van der Waals surface area contributed by atoms with Crippen LogP contribution >= 0.6 is 0 Å². The molecule has 7 nitrogen and oxygen atoms in total. The van der Waals surface area contributed by atoms with Crippen LogP contribution in [0.3, 0.4) is 0 Å². The van der Waals surface area contributed by atoms with Crippen LogP contribution in [0.1, 0.15) is 49.6 Å². The van der Waals surface area contributed by atoms with Crippen LogP contribution in [0.5, 0.6) is 5.75 Å². The van der Waals surface area contributed by atoms with Gasteiger partial charge in [0.2, 0.25) is 0 Å². The summed E-state index contributed by atoms with van der Waals surface area (Å²) >= 11 is 0. The number of nitriles is 1. The molecule has 0 amide bonds. The van der Waals surface area contributed by atoms with Crippen molar-refractivity contribution < 1.29 is 23.0 Å². The highest BCUT2D eigenvalue weighted by Crippen LogP contribution is 2.45. The van der Waals surface area contributed by atoms with E-state index < -0.39 is 30.0 Å². The third-order valence-corrected chi connectivity index (χ3v) is 6.17. The molecule has 4 aromatic rings. The molecule has 0 fully saturated rings. The summed E-state index contributed by atoms with van der Waals surface area (Å²) in [6.45, 7) is 0.343. The van der Waals surface area contributed by atoms with Gasteiger partial charge in [0.15, 0.2) is 5.82 Å². The number of benzene rings is 2. The van der Waals surface area contributed by atoms with E-state index in [1.807, 2.05) is 0 Å². The Labute approximate surface area is 198 Å². The van der Waals surface area contributed by atoms with Crippen LogP contribution in [0.25, 0.3) is 22.2 Å². The van der Waals surface area contributed by atoms with Gasteiger partial charge in [-0.15, -0.1) is 0 Å². The molecule has 2 atom stereocenters. The summed E-state index contributed by atoms with van der Waals surface area (Å²) in [6.07, 6.45) is 2.02. The van der Waals surface area contributed by atoms with Crippen LogP contribution in [0, 0.1) is 17.1 Å². The second-order valence-corrected chi connectivity index (χ2v) is 8.85. The van der Waals surface area contributed by atoms with Gasteiger partial charge in [-0.05, 0) is 32.0 Å². The van der Waals surface area contributed by atoms with Crippen molar-refractivity contribution in [2.75, 3.05) is 0 Å². The van der Waals surface area contributed by atoms with Crippen LogP contribution in [0.15, 0.2) is 48.8 Å². The lowest BCUT2D eigenvalue weighted by atomic mass is 9.94. The quantitative estimate of drug-likeness (QED) is 0.430. The molecule has 1 aliphatic rings. The van der Waals surface area contributed by atoms with Gasteiger partial charge < -0.3 is 14.4 Å². The first-order chi connectivity index (χ1) is 16.7. The van der Waals surface area contributed by atoms with Crippen molar-refractivity contribution in [3.8, 4) is 22.9 Å². The zero-order valence-corrected chi connectivity index (χ0v) is 18.8. The lowest BCUT2D eigenvalue weighted by Crippen LogP contribution is -2.17. The fraction of sp³-hybridized carbons (Fsp3) is 0.280. The summed E-state index contributed by atoms with van der Waals surface area (Å²) in [4.78, 5) is 12.9. The van der Waals surface area contributed by atoms with Crippen molar-refractivity contribution in [2.24, 2.45) is 0 Å². The SMILES string of the molecule is CC(C)(C#N)c1ncc(-c2ccc3nc4n(c3c2F)[C@@H](c2ccccc2OC(F)F)CC4O)cn1. The molecule has 0 bridgehead atoms. The minimum atomic E-state index is -3.03. The number of alkyl halides is 2. The molecule has 2 aromatic carbocycles. The Morgan fingerprint density at radius 3 is 2.57 bits per heavy atom. The summed E-state index contributed by atoms with van der Waals surface area (Å²) in [5, 5.41) is 20.0. The maximum Gasteiger partial charge on any atom is 0.387 e. The van der Waals surface area contributed by atoms with E-state index in [-0.39, 0.29) is 29.1 Å². The number of halogens is 3. The van der Waals surface area contributed by atoms with Crippen molar-refractivity contribution in [3.05, 3.63) is 71.8 Å². The summed E-state index contributed by atoms with van der Waals surface area (Å²) in [5.41, 5.74) is 0.547. The Kier molecular flexibility index (Phi) is 5.44. The minimum Gasteiger partial charge on any atom is -0.434 e. The number of hydrogen-bond donors (Lipinski definition) is 1. The highest BCUT2D eigenvalue weighted by molar-refractivity contribution is 5.84. The first-order valence-electron chi connectivity index (χ1n) is 10.9. The molecule has 0 aliphatic carbocycles. The minimum absolute atomic E-state index is 0.0462. The van der Waals surface area contributed by atoms with Gasteiger partial charge in [0.05, 0.1) is 17.6 Å². The zero-order valence-electron chi connectivity index (χ0n) is 18.8. The maximum atomic E-state index is 16.0. The maximum absolute atomic E-state index is 16.0. The number of ether oxygens (including phenoxy) is 1. The molecule has 10 heteroatoms. The molecule has 3 heterocycles. The number of aliphatic hydroxyl groups is 1. The number of para-hydroxylation sites is 1. The number of aromatic nitrogens is 4. The van der Waals surface area contributed by atoms with Gasteiger partial charge in [0.1, 0.15) is 34.4 Å². The number of nitrogens with zero attached hydrogens (tertiary/aromatic N) is 5. The largest absolute Gasteiger partial charge is 0.434 e. The van der Waals surface area contributed by atoms with Gasteiger partial charge in [-0.25, -0.2) is 19.3 Å². The van der Waals surface area contributed by atoms with E-state index in [1.54, 1.807) is 48.7 Å². The summed E-state index contributed by atoms with van der Waals surface area (Å²) in [5.74, 6) is -0.0943. The molecule has 178 valence electrons. The normalized spacial score (nSPS) is 17.5. The smallest absolute Gasteiger partial charge is 0.387 e. The average molecular weight is 479 g/mol. The van der Waals surface area contributed by atoms with Crippen molar-refractivity contribution in [1.82, 2.24) is 19.5 Å². The molecular weight excluding hydrogens is 459 g/mol. The zero-order chi connectivity index (χ0) is 24.9. The van der Waals surface area contributed by atoms with Gasteiger partial charge in [-0.1, -0.05) is 18.2 Å². The van der Waals surface area contributed by atoms with E-state index in [2.05, 4.69) is 25.8 Å². The molecule has 0 spiro atoms. The first-order valence-corrected chi connectivity index (χ1v) is 10.9. The van der Waals surface area contributed by atoms with E-state index in [9.17, 15) is 19.1 Å². The van der Waals surface area contributed by atoms with E-state index in [0.29, 0.717) is 22.5 Å². The second kappa shape index (κ2) is 8.36. The molecule has 0 saturated carbocycles. The number of fused-ring (bicyclic) bond motifs is 3. The average Bonchev–Trinajstić information content (AvgIpc) is 3.37. The highest BCUT2D eigenvalue weighted by atomic mass is 19.3. The van der Waals surface area contributed by atoms with Crippen LogP contribution in [0.4, 0.5) is 13.2 Å². The Bertz CT molecular complexity index is 1460. The van der Waals surface area contributed by atoms with Gasteiger partial charge >= 0.3 is 6.61 Å². The molecule has 2 aromatic heterocycles. The van der Waals surface area contributed by atoms with Gasteiger partial charge in [0, 0.05) is 35.5 Å². The van der Waals surface area contributed by atoms with Crippen LogP contribution < -0.4 is 4.74 Å². The van der Waals surface area contributed by atoms with E-state index in [4.69, 9.17) is 0 Å². The molecule has 0 radical (unpaired) electrons. The van der Waals surface area contributed by atoms with E-state index in [0.717, 1.165) is 0 Å².